The number of methoxy groups -OCH3 is 1. The summed E-state index contributed by atoms with van der Waals surface area (Å²) >= 11 is 0. The SMILES string of the molecule is COc1ccc(CN=C(N)Nc2ccc(C)c(C)c2)cc1.I. The zero-order chi connectivity index (χ0) is 15.2. The lowest BCUT2D eigenvalue weighted by atomic mass is 10.1. The maximum Gasteiger partial charge on any atom is 0.193 e. The van der Waals surface area contributed by atoms with Crippen molar-refractivity contribution in [3.05, 3.63) is 59.2 Å². The second-order valence-electron chi connectivity index (χ2n) is 4.97. The standard InChI is InChI=1S/C17H21N3O.HI/c1-12-4-7-15(10-13(12)2)20-17(18)19-11-14-5-8-16(21-3)9-6-14;/h4-10H,11H2,1-3H3,(H3,18,19,20);1H. The molecule has 0 fully saturated rings. The van der Waals surface area contributed by atoms with Crippen molar-refractivity contribution in [3.63, 3.8) is 0 Å². The third-order valence-corrected chi connectivity index (χ3v) is 3.37. The summed E-state index contributed by atoms with van der Waals surface area (Å²) in [6.07, 6.45) is 0. The lowest BCUT2D eigenvalue weighted by Gasteiger charge is -2.08. The highest BCUT2D eigenvalue weighted by Gasteiger charge is 1.98. The Morgan fingerprint density at radius 1 is 1.09 bits per heavy atom. The van der Waals surface area contributed by atoms with Crippen molar-refractivity contribution in [1.29, 1.82) is 0 Å². The number of aryl methyl sites for hydroxylation is 2. The van der Waals surface area contributed by atoms with E-state index in [1.165, 1.54) is 11.1 Å². The first-order chi connectivity index (χ1) is 10.1. The van der Waals surface area contributed by atoms with E-state index in [-0.39, 0.29) is 24.0 Å². The summed E-state index contributed by atoms with van der Waals surface area (Å²) in [5.74, 6) is 1.25. The van der Waals surface area contributed by atoms with E-state index in [9.17, 15) is 0 Å². The van der Waals surface area contributed by atoms with E-state index >= 15 is 0 Å². The van der Waals surface area contributed by atoms with Gasteiger partial charge >= 0.3 is 0 Å². The number of nitrogens with one attached hydrogen (secondary N) is 1. The van der Waals surface area contributed by atoms with Crippen molar-refractivity contribution in [2.45, 2.75) is 20.4 Å². The van der Waals surface area contributed by atoms with E-state index < -0.39 is 0 Å². The summed E-state index contributed by atoms with van der Waals surface area (Å²) in [4.78, 5) is 4.34. The Balaban J connectivity index is 0.00000242. The predicted molar refractivity (Wildman–Crippen MR) is 103 cm³/mol. The summed E-state index contributed by atoms with van der Waals surface area (Å²) < 4.78 is 5.12. The van der Waals surface area contributed by atoms with Crippen LogP contribution < -0.4 is 15.8 Å². The van der Waals surface area contributed by atoms with Crippen LogP contribution in [0.15, 0.2) is 47.5 Å². The Bertz CT molecular complexity index is 639. The van der Waals surface area contributed by atoms with Gasteiger partial charge in [-0.15, -0.1) is 24.0 Å². The van der Waals surface area contributed by atoms with Crippen LogP contribution in [0.25, 0.3) is 0 Å². The van der Waals surface area contributed by atoms with Crippen molar-refractivity contribution in [3.8, 4) is 5.75 Å². The molecule has 0 aliphatic heterocycles. The molecule has 2 aromatic rings. The number of benzene rings is 2. The van der Waals surface area contributed by atoms with Crippen molar-refractivity contribution < 1.29 is 4.74 Å². The minimum absolute atomic E-state index is 0. The maximum absolute atomic E-state index is 5.91. The molecule has 0 aliphatic carbocycles. The third-order valence-electron chi connectivity index (χ3n) is 3.37. The fraction of sp³-hybridized carbons (Fsp3) is 0.235. The lowest BCUT2D eigenvalue weighted by Crippen LogP contribution is -2.22. The summed E-state index contributed by atoms with van der Waals surface area (Å²) in [6, 6.07) is 13.9. The lowest BCUT2D eigenvalue weighted by molar-refractivity contribution is 0.414. The molecule has 0 radical (unpaired) electrons. The van der Waals surface area contributed by atoms with Crippen LogP contribution in [0, 0.1) is 13.8 Å². The van der Waals surface area contributed by atoms with Crippen LogP contribution in [0.2, 0.25) is 0 Å². The first kappa shape index (κ1) is 18.3. The molecule has 118 valence electrons. The van der Waals surface area contributed by atoms with Gasteiger partial charge in [-0.1, -0.05) is 18.2 Å². The van der Waals surface area contributed by atoms with Gasteiger partial charge in [0.15, 0.2) is 5.96 Å². The third kappa shape index (κ3) is 5.22. The molecular formula is C17H22IN3O. The molecule has 0 spiro atoms. The largest absolute Gasteiger partial charge is 0.497 e. The zero-order valence-electron chi connectivity index (χ0n) is 13.1. The van der Waals surface area contributed by atoms with Crippen LogP contribution in [0.1, 0.15) is 16.7 Å². The van der Waals surface area contributed by atoms with E-state index in [0.29, 0.717) is 12.5 Å². The quantitative estimate of drug-likeness (QED) is 0.457. The summed E-state index contributed by atoms with van der Waals surface area (Å²) in [5, 5.41) is 3.11. The van der Waals surface area contributed by atoms with Gasteiger partial charge in [0.2, 0.25) is 0 Å². The molecule has 22 heavy (non-hydrogen) atoms. The van der Waals surface area contributed by atoms with Crippen molar-refractivity contribution in [1.82, 2.24) is 0 Å². The van der Waals surface area contributed by atoms with Crippen LogP contribution in [0.4, 0.5) is 5.69 Å². The number of nitrogens with two attached hydrogens (primary N) is 1. The Hall–Kier alpha value is -1.76. The number of nitrogens with zero attached hydrogens (tertiary/aromatic N) is 1. The molecule has 2 aromatic carbocycles. The van der Waals surface area contributed by atoms with Crippen molar-refractivity contribution >= 4 is 35.6 Å². The highest BCUT2D eigenvalue weighted by molar-refractivity contribution is 14.0. The maximum atomic E-state index is 5.91. The second kappa shape index (κ2) is 8.63. The van der Waals surface area contributed by atoms with Gasteiger partial charge < -0.3 is 15.8 Å². The van der Waals surface area contributed by atoms with E-state index in [1.807, 2.05) is 30.3 Å². The molecule has 0 heterocycles. The van der Waals surface area contributed by atoms with Gasteiger partial charge in [-0.2, -0.15) is 0 Å². The summed E-state index contributed by atoms with van der Waals surface area (Å²) in [6.45, 7) is 4.69. The number of hydrogen-bond donors (Lipinski definition) is 2. The molecule has 0 aromatic heterocycles. The van der Waals surface area contributed by atoms with Gasteiger partial charge in [0.05, 0.1) is 13.7 Å². The predicted octanol–water partition coefficient (Wildman–Crippen LogP) is 3.86. The molecule has 0 atom stereocenters. The second-order valence-corrected chi connectivity index (χ2v) is 4.97. The Morgan fingerprint density at radius 2 is 1.77 bits per heavy atom. The zero-order valence-corrected chi connectivity index (χ0v) is 15.4. The van der Waals surface area contributed by atoms with Crippen LogP contribution in [-0.4, -0.2) is 13.1 Å². The average Bonchev–Trinajstić information content (AvgIpc) is 2.49. The van der Waals surface area contributed by atoms with E-state index in [1.54, 1.807) is 7.11 Å². The molecule has 2 rings (SSSR count). The molecular weight excluding hydrogens is 389 g/mol. The van der Waals surface area contributed by atoms with Crippen molar-refractivity contribution in [2.24, 2.45) is 10.7 Å². The number of hydrogen-bond acceptors (Lipinski definition) is 2. The Morgan fingerprint density at radius 3 is 2.36 bits per heavy atom. The summed E-state index contributed by atoms with van der Waals surface area (Å²) in [5.41, 5.74) is 10.4. The number of aliphatic imine (C=N–C) groups is 1. The van der Waals surface area contributed by atoms with E-state index in [4.69, 9.17) is 10.5 Å². The molecule has 4 nitrogen and oxygen atoms in total. The van der Waals surface area contributed by atoms with E-state index in [2.05, 4.69) is 36.3 Å². The van der Waals surface area contributed by atoms with Crippen molar-refractivity contribution in [2.75, 3.05) is 12.4 Å². The Labute approximate surface area is 148 Å². The van der Waals surface area contributed by atoms with Gasteiger partial charge in [0, 0.05) is 5.69 Å². The number of rotatable bonds is 4. The van der Waals surface area contributed by atoms with E-state index in [0.717, 1.165) is 17.0 Å². The number of ether oxygens (including phenoxy) is 1. The normalized spacial score (nSPS) is 10.8. The minimum atomic E-state index is 0. The summed E-state index contributed by atoms with van der Waals surface area (Å²) in [7, 11) is 1.65. The van der Waals surface area contributed by atoms with Gasteiger partial charge in [-0.3, -0.25) is 0 Å². The molecule has 0 saturated heterocycles. The first-order valence-electron chi connectivity index (χ1n) is 6.85. The van der Waals surface area contributed by atoms with Crippen LogP contribution in [0.5, 0.6) is 5.75 Å². The topological polar surface area (TPSA) is 59.6 Å². The smallest absolute Gasteiger partial charge is 0.193 e. The minimum Gasteiger partial charge on any atom is -0.497 e. The molecule has 5 heteroatoms. The van der Waals surface area contributed by atoms with Crippen LogP contribution >= 0.6 is 24.0 Å². The highest BCUT2D eigenvalue weighted by Crippen LogP contribution is 2.14. The molecule has 0 amide bonds. The van der Waals surface area contributed by atoms with Gasteiger partial charge in [0.25, 0.3) is 0 Å². The molecule has 0 saturated carbocycles. The fourth-order valence-corrected chi connectivity index (χ4v) is 1.91. The fourth-order valence-electron chi connectivity index (χ4n) is 1.91. The molecule has 3 N–H and O–H groups in total. The first-order valence-corrected chi connectivity index (χ1v) is 6.85. The highest BCUT2D eigenvalue weighted by atomic mass is 127. The molecule has 0 aliphatic rings. The van der Waals surface area contributed by atoms with Gasteiger partial charge in [0.1, 0.15) is 5.75 Å². The molecule has 0 bridgehead atoms. The monoisotopic (exact) mass is 411 g/mol. The number of guanidine groups is 1. The Kier molecular flexibility index (Phi) is 7.17. The average molecular weight is 411 g/mol. The van der Waals surface area contributed by atoms with Gasteiger partial charge in [-0.05, 0) is 54.8 Å². The van der Waals surface area contributed by atoms with Crippen LogP contribution in [-0.2, 0) is 6.54 Å². The number of halogens is 1. The number of anilines is 1. The van der Waals surface area contributed by atoms with Gasteiger partial charge in [-0.25, -0.2) is 4.99 Å². The van der Waals surface area contributed by atoms with Crippen LogP contribution in [0.3, 0.4) is 0 Å². The molecule has 0 unspecified atom stereocenters.